The average molecular weight is 353 g/mol. The van der Waals surface area contributed by atoms with Crippen LogP contribution in [0.25, 0.3) is 0 Å². The van der Waals surface area contributed by atoms with E-state index < -0.39 is 0 Å². The normalized spacial score (nSPS) is 15.7. The molecule has 2 aromatic rings. The first-order chi connectivity index (χ1) is 12.7. The Hall–Kier alpha value is -3.09. The summed E-state index contributed by atoms with van der Waals surface area (Å²) in [5.74, 6) is 0.669. The fourth-order valence-corrected chi connectivity index (χ4v) is 3.20. The van der Waals surface area contributed by atoms with Crippen molar-refractivity contribution >= 4 is 17.5 Å². The summed E-state index contributed by atoms with van der Waals surface area (Å²) < 4.78 is 10.5. The van der Waals surface area contributed by atoms with Gasteiger partial charge in [0, 0.05) is 29.6 Å². The second-order valence-electron chi connectivity index (χ2n) is 6.41. The standard InChI is InChI=1S/C19H19N3O4/c23-18(21-13-3-1-2-4-13)12-7-8-20-15(9-12)19(24)22-14-5-6-16-17(10-14)26-11-25-16/h5-10,13H,1-4,11H2,(H,21,23)(H,22,24). The fraction of sp³-hybridized carbons (Fsp3) is 0.316. The molecule has 1 aliphatic carbocycles. The molecule has 0 unspecified atom stereocenters. The molecular weight excluding hydrogens is 334 g/mol. The van der Waals surface area contributed by atoms with Crippen molar-refractivity contribution in [3.05, 3.63) is 47.8 Å². The van der Waals surface area contributed by atoms with Crippen LogP contribution < -0.4 is 20.1 Å². The molecule has 26 heavy (non-hydrogen) atoms. The number of pyridine rings is 1. The van der Waals surface area contributed by atoms with Crippen LogP contribution in [0.3, 0.4) is 0 Å². The minimum atomic E-state index is -0.389. The van der Waals surface area contributed by atoms with E-state index in [1.807, 2.05) is 0 Å². The number of nitrogens with zero attached hydrogens (tertiary/aromatic N) is 1. The van der Waals surface area contributed by atoms with E-state index in [-0.39, 0.29) is 30.3 Å². The molecule has 2 amide bonds. The number of amides is 2. The van der Waals surface area contributed by atoms with E-state index in [2.05, 4.69) is 15.6 Å². The molecule has 4 rings (SSSR count). The number of nitrogens with one attached hydrogen (secondary N) is 2. The van der Waals surface area contributed by atoms with Crippen LogP contribution in [0.1, 0.15) is 46.5 Å². The number of ether oxygens (including phenoxy) is 2. The second kappa shape index (κ2) is 7.03. The third-order valence-corrected chi connectivity index (χ3v) is 4.58. The highest BCUT2D eigenvalue weighted by Crippen LogP contribution is 2.34. The van der Waals surface area contributed by atoms with Gasteiger partial charge in [0.05, 0.1) is 0 Å². The van der Waals surface area contributed by atoms with Crippen molar-refractivity contribution in [2.45, 2.75) is 31.7 Å². The van der Waals surface area contributed by atoms with Crippen LogP contribution in [-0.4, -0.2) is 29.6 Å². The second-order valence-corrected chi connectivity index (χ2v) is 6.41. The Bertz CT molecular complexity index is 846. The zero-order chi connectivity index (χ0) is 17.9. The van der Waals surface area contributed by atoms with E-state index in [9.17, 15) is 9.59 Å². The van der Waals surface area contributed by atoms with Crippen molar-refractivity contribution in [3.63, 3.8) is 0 Å². The number of hydrogen-bond acceptors (Lipinski definition) is 5. The largest absolute Gasteiger partial charge is 0.454 e. The first-order valence-electron chi connectivity index (χ1n) is 8.67. The van der Waals surface area contributed by atoms with Crippen molar-refractivity contribution < 1.29 is 19.1 Å². The Balaban J connectivity index is 1.45. The van der Waals surface area contributed by atoms with E-state index in [0.29, 0.717) is 22.7 Å². The van der Waals surface area contributed by atoms with Crippen LogP contribution in [0.15, 0.2) is 36.5 Å². The van der Waals surface area contributed by atoms with E-state index in [1.165, 1.54) is 12.3 Å². The summed E-state index contributed by atoms with van der Waals surface area (Å²) in [6, 6.07) is 8.49. The maximum Gasteiger partial charge on any atom is 0.274 e. The van der Waals surface area contributed by atoms with E-state index >= 15 is 0 Å². The summed E-state index contributed by atoms with van der Waals surface area (Å²) >= 11 is 0. The maximum atomic E-state index is 12.5. The molecular formula is C19H19N3O4. The van der Waals surface area contributed by atoms with Crippen molar-refractivity contribution in [1.29, 1.82) is 0 Å². The maximum absolute atomic E-state index is 12.5. The number of aromatic nitrogens is 1. The average Bonchev–Trinajstić information content (AvgIpc) is 3.33. The van der Waals surface area contributed by atoms with Crippen molar-refractivity contribution in [2.75, 3.05) is 12.1 Å². The lowest BCUT2D eigenvalue weighted by Gasteiger charge is -2.12. The molecule has 2 heterocycles. The van der Waals surface area contributed by atoms with Gasteiger partial charge in [-0.05, 0) is 37.1 Å². The van der Waals surface area contributed by atoms with Gasteiger partial charge < -0.3 is 20.1 Å². The lowest BCUT2D eigenvalue weighted by Crippen LogP contribution is -2.32. The lowest BCUT2D eigenvalue weighted by atomic mass is 10.1. The van der Waals surface area contributed by atoms with Gasteiger partial charge in [-0.15, -0.1) is 0 Å². The summed E-state index contributed by atoms with van der Waals surface area (Å²) in [4.78, 5) is 28.9. The molecule has 1 aromatic carbocycles. The van der Waals surface area contributed by atoms with Gasteiger partial charge in [-0.3, -0.25) is 14.6 Å². The number of carbonyl (C=O) groups excluding carboxylic acids is 2. The number of carbonyl (C=O) groups is 2. The fourth-order valence-electron chi connectivity index (χ4n) is 3.20. The molecule has 1 fully saturated rings. The molecule has 0 bridgehead atoms. The first kappa shape index (κ1) is 16.4. The number of anilines is 1. The summed E-state index contributed by atoms with van der Waals surface area (Å²) in [5, 5.41) is 5.77. The summed E-state index contributed by atoms with van der Waals surface area (Å²) in [6.45, 7) is 0.173. The van der Waals surface area contributed by atoms with Gasteiger partial charge in [0.25, 0.3) is 11.8 Å². The van der Waals surface area contributed by atoms with Gasteiger partial charge in [0.1, 0.15) is 5.69 Å². The SMILES string of the molecule is O=C(NC1CCCC1)c1ccnc(C(=O)Nc2ccc3c(c2)OCO3)c1. The van der Waals surface area contributed by atoms with Crippen LogP contribution in [0.4, 0.5) is 5.69 Å². The first-order valence-corrected chi connectivity index (χ1v) is 8.67. The van der Waals surface area contributed by atoms with Crippen LogP contribution in [-0.2, 0) is 0 Å². The minimum Gasteiger partial charge on any atom is -0.454 e. The third-order valence-electron chi connectivity index (χ3n) is 4.58. The minimum absolute atomic E-state index is 0.170. The zero-order valence-corrected chi connectivity index (χ0v) is 14.2. The van der Waals surface area contributed by atoms with Crippen molar-refractivity contribution in [3.8, 4) is 11.5 Å². The summed E-state index contributed by atoms with van der Waals surface area (Å²) in [7, 11) is 0. The molecule has 2 N–H and O–H groups in total. The lowest BCUT2D eigenvalue weighted by molar-refractivity contribution is 0.0937. The molecule has 0 saturated heterocycles. The van der Waals surface area contributed by atoms with Crippen LogP contribution in [0.2, 0.25) is 0 Å². The quantitative estimate of drug-likeness (QED) is 0.882. The van der Waals surface area contributed by atoms with Gasteiger partial charge in [0.2, 0.25) is 6.79 Å². The van der Waals surface area contributed by atoms with Crippen LogP contribution >= 0.6 is 0 Å². The van der Waals surface area contributed by atoms with Gasteiger partial charge in [-0.2, -0.15) is 0 Å². The molecule has 1 saturated carbocycles. The van der Waals surface area contributed by atoms with E-state index in [4.69, 9.17) is 9.47 Å². The molecule has 1 aromatic heterocycles. The van der Waals surface area contributed by atoms with Crippen LogP contribution in [0.5, 0.6) is 11.5 Å². The molecule has 0 atom stereocenters. The third kappa shape index (κ3) is 3.46. The predicted octanol–water partition coefficient (Wildman–Crippen LogP) is 2.74. The Morgan fingerprint density at radius 1 is 1.00 bits per heavy atom. The smallest absolute Gasteiger partial charge is 0.274 e. The molecule has 134 valence electrons. The molecule has 0 radical (unpaired) electrons. The summed E-state index contributed by atoms with van der Waals surface area (Å²) in [5.41, 5.74) is 1.19. The summed E-state index contributed by atoms with van der Waals surface area (Å²) in [6.07, 6.45) is 5.77. The predicted molar refractivity (Wildman–Crippen MR) is 94.5 cm³/mol. The number of hydrogen-bond donors (Lipinski definition) is 2. The highest BCUT2D eigenvalue weighted by molar-refractivity contribution is 6.05. The number of fused-ring (bicyclic) bond motifs is 1. The van der Waals surface area contributed by atoms with Gasteiger partial charge in [0.15, 0.2) is 11.5 Å². The molecule has 1 aliphatic heterocycles. The van der Waals surface area contributed by atoms with Gasteiger partial charge in [-0.1, -0.05) is 12.8 Å². The van der Waals surface area contributed by atoms with Gasteiger partial charge in [-0.25, -0.2) is 0 Å². The molecule has 7 nitrogen and oxygen atoms in total. The number of rotatable bonds is 4. The van der Waals surface area contributed by atoms with E-state index in [1.54, 1.807) is 24.3 Å². The topological polar surface area (TPSA) is 89.6 Å². The Kier molecular flexibility index (Phi) is 4.43. The molecule has 7 heteroatoms. The molecule has 2 aliphatic rings. The highest BCUT2D eigenvalue weighted by atomic mass is 16.7. The van der Waals surface area contributed by atoms with Crippen molar-refractivity contribution in [1.82, 2.24) is 10.3 Å². The van der Waals surface area contributed by atoms with E-state index in [0.717, 1.165) is 25.7 Å². The van der Waals surface area contributed by atoms with Crippen molar-refractivity contribution in [2.24, 2.45) is 0 Å². The molecule has 0 spiro atoms. The Labute approximate surface area is 150 Å². The zero-order valence-electron chi connectivity index (χ0n) is 14.2. The van der Waals surface area contributed by atoms with Gasteiger partial charge >= 0.3 is 0 Å². The Morgan fingerprint density at radius 3 is 2.65 bits per heavy atom. The number of benzene rings is 1. The Morgan fingerprint density at radius 2 is 1.81 bits per heavy atom. The highest BCUT2D eigenvalue weighted by Gasteiger charge is 2.19. The van der Waals surface area contributed by atoms with Crippen LogP contribution in [0, 0.1) is 0 Å². The monoisotopic (exact) mass is 353 g/mol.